The molecule has 0 rings (SSSR count). The number of ether oxygens (including phenoxy) is 3. The number of unbranched alkanes of at least 4 members (excludes halogenated alkanes) is 41. The summed E-state index contributed by atoms with van der Waals surface area (Å²) in [6.45, 7) is 6.62. The molecule has 0 aliphatic carbocycles. The Hall–Kier alpha value is -2.89. The molecule has 0 bridgehead atoms. The van der Waals surface area contributed by atoms with Crippen LogP contribution in [-0.4, -0.2) is 37.2 Å². The molecule has 0 aliphatic rings. The molecule has 6 nitrogen and oxygen atoms in total. The Morgan fingerprint density at radius 2 is 0.494 bits per heavy atom. The van der Waals surface area contributed by atoms with Gasteiger partial charge in [-0.15, -0.1) is 0 Å². The fourth-order valence-corrected chi connectivity index (χ4v) is 9.96. The third-order valence-corrected chi connectivity index (χ3v) is 15.0. The average Bonchev–Trinajstić information content (AvgIpc) is 3.43. The van der Waals surface area contributed by atoms with E-state index in [9.17, 15) is 14.4 Å². The Bertz CT molecular complexity index is 1380. The lowest BCUT2D eigenvalue weighted by atomic mass is 10.0. The highest BCUT2D eigenvalue weighted by molar-refractivity contribution is 5.71. The van der Waals surface area contributed by atoms with Crippen molar-refractivity contribution in [3.8, 4) is 0 Å². The molecule has 0 aliphatic heterocycles. The van der Waals surface area contributed by atoms with Gasteiger partial charge >= 0.3 is 17.9 Å². The number of carbonyl (C=O) groups excluding carboxylic acids is 3. The van der Waals surface area contributed by atoms with Crippen molar-refractivity contribution in [3.63, 3.8) is 0 Å². The van der Waals surface area contributed by atoms with Crippen molar-refractivity contribution >= 4 is 17.9 Å². The third-order valence-electron chi connectivity index (χ3n) is 15.0. The molecule has 448 valence electrons. The number of hydrogen-bond donors (Lipinski definition) is 0. The Morgan fingerprint density at radius 3 is 0.805 bits per heavy atom. The highest BCUT2D eigenvalue weighted by atomic mass is 16.6. The fraction of sp³-hybridized carbons (Fsp3) is 0.817. The van der Waals surface area contributed by atoms with Crippen LogP contribution >= 0.6 is 0 Å². The van der Waals surface area contributed by atoms with Crippen LogP contribution in [0, 0.1) is 0 Å². The molecular weight excluding hydrogens is 949 g/mol. The Balaban J connectivity index is 4.41. The van der Waals surface area contributed by atoms with Crippen LogP contribution in [0.2, 0.25) is 0 Å². The zero-order valence-electron chi connectivity index (χ0n) is 51.5. The predicted octanol–water partition coefficient (Wildman–Crippen LogP) is 23.1. The van der Waals surface area contributed by atoms with Gasteiger partial charge in [-0.3, -0.25) is 14.4 Å². The van der Waals surface area contributed by atoms with Crippen LogP contribution in [0.3, 0.4) is 0 Å². The zero-order valence-corrected chi connectivity index (χ0v) is 51.5. The van der Waals surface area contributed by atoms with E-state index < -0.39 is 6.10 Å². The van der Waals surface area contributed by atoms with Crippen LogP contribution in [0.1, 0.15) is 355 Å². The van der Waals surface area contributed by atoms with E-state index in [-0.39, 0.29) is 37.5 Å². The summed E-state index contributed by atoms with van der Waals surface area (Å²) in [4.78, 5) is 38.4. The van der Waals surface area contributed by atoms with E-state index in [0.29, 0.717) is 19.3 Å². The topological polar surface area (TPSA) is 78.9 Å². The molecule has 6 heteroatoms. The van der Waals surface area contributed by atoms with Gasteiger partial charge in [-0.1, -0.05) is 338 Å². The van der Waals surface area contributed by atoms with Crippen molar-refractivity contribution in [2.24, 2.45) is 0 Å². The predicted molar refractivity (Wildman–Crippen MR) is 335 cm³/mol. The Labute approximate surface area is 479 Å². The summed E-state index contributed by atoms with van der Waals surface area (Å²) in [7, 11) is 0. The molecule has 0 aromatic rings. The van der Waals surface area contributed by atoms with Crippen molar-refractivity contribution in [3.05, 3.63) is 60.8 Å². The molecule has 0 radical (unpaired) electrons. The van der Waals surface area contributed by atoms with Crippen LogP contribution in [0.15, 0.2) is 60.8 Å². The highest BCUT2D eigenvalue weighted by Gasteiger charge is 2.19. The van der Waals surface area contributed by atoms with Gasteiger partial charge in [0.2, 0.25) is 0 Å². The van der Waals surface area contributed by atoms with Gasteiger partial charge in [-0.2, -0.15) is 0 Å². The van der Waals surface area contributed by atoms with E-state index in [2.05, 4.69) is 75.5 Å². The largest absolute Gasteiger partial charge is 0.462 e. The van der Waals surface area contributed by atoms with Gasteiger partial charge in [0.15, 0.2) is 6.10 Å². The van der Waals surface area contributed by atoms with Crippen LogP contribution in [0.25, 0.3) is 0 Å². The number of rotatable bonds is 62. The summed E-state index contributed by atoms with van der Waals surface area (Å²) in [5.41, 5.74) is 0. The van der Waals surface area contributed by atoms with Crippen molar-refractivity contribution in [1.29, 1.82) is 0 Å². The number of hydrogen-bond acceptors (Lipinski definition) is 6. The van der Waals surface area contributed by atoms with Gasteiger partial charge in [-0.25, -0.2) is 0 Å². The van der Waals surface area contributed by atoms with Gasteiger partial charge in [0, 0.05) is 19.3 Å². The summed E-state index contributed by atoms with van der Waals surface area (Å²) in [6.07, 6.45) is 83.9. The van der Waals surface area contributed by atoms with Gasteiger partial charge in [0.25, 0.3) is 0 Å². The minimum atomic E-state index is -0.802. The average molecular weight is 1080 g/mol. The monoisotopic (exact) mass is 1080 g/mol. The maximum Gasteiger partial charge on any atom is 0.306 e. The molecule has 0 fully saturated rings. The molecule has 0 amide bonds. The molecule has 0 spiro atoms. The van der Waals surface area contributed by atoms with Crippen molar-refractivity contribution in [2.45, 2.75) is 361 Å². The van der Waals surface area contributed by atoms with Crippen molar-refractivity contribution in [1.82, 2.24) is 0 Å². The van der Waals surface area contributed by atoms with E-state index in [0.717, 1.165) is 64.2 Å². The molecule has 0 aromatic carbocycles. The van der Waals surface area contributed by atoms with E-state index in [1.807, 2.05) is 6.08 Å². The highest BCUT2D eigenvalue weighted by Crippen LogP contribution is 2.18. The number of allylic oxidation sites excluding steroid dienone is 10. The van der Waals surface area contributed by atoms with E-state index >= 15 is 0 Å². The zero-order chi connectivity index (χ0) is 55.7. The molecule has 0 N–H and O–H groups in total. The minimum Gasteiger partial charge on any atom is -0.462 e. The van der Waals surface area contributed by atoms with E-state index in [4.69, 9.17) is 14.2 Å². The molecule has 0 unspecified atom stereocenters. The van der Waals surface area contributed by atoms with E-state index in [1.165, 1.54) is 244 Å². The lowest BCUT2D eigenvalue weighted by Crippen LogP contribution is -2.30. The molecule has 0 aromatic heterocycles. The smallest absolute Gasteiger partial charge is 0.306 e. The summed E-state index contributed by atoms with van der Waals surface area (Å²) < 4.78 is 16.9. The maximum absolute atomic E-state index is 12.9. The summed E-state index contributed by atoms with van der Waals surface area (Å²) >= 11 is 0. The summed E-state index contributed by atoms with van der Waals surface area (Å²) in [5, 5.41) is 0. The first-order valence-electron chi connectivity index (χ1n) is 33.8. The molecule has 77 heavy (non-hydrogen) atoms. The van der Waals surface area contributed by atoms with Gasteiger partial charge < -0.3 is 14.2 Å². The maximum atomic E-state index is 12.9. The first-order chi connectivity index (χ1) is 38.0. The molecular formula is C71H128O6. The second-order valence-electron chi connectivity index (χ2n) is 22.7. The first-order valence-corrected chi connectivity index (χ1v) is 33.8. The lowest BCUT2D eigenvalue weighted by Gasteiger charge is -2.18. The van der Waals surface area contributed by atoms with Crippen molar-refractivity contribution in [2.75, 3.05) is 13.2 Å². The van der Waals surface area contributed by atoms with Crippen LogP contribution in [-0.2, 0) is 28.6 Å². The molecule has 0 saturated heterocycles. The van der Waals surface area contributed by atoms with Crippen molar-refractivity contribution < 1.29 is 28.6 Å². The first kappa shape index (κ1) is 74.1. The second-order valence-corrected chi connectivity index (χ2v) is 22.7. The minimum absolute atomic E-state index is 0.0920. The van der Waals surface area contributed by atoms with Crippen LogP contribution in [0.4, 0.5) is 0 Å². The van der Waals surface area contributed by atoms with Gasteiger partial charge in [0.05, 0.1) is 0 Å². The standard InChI is InChI=1S/C71H128O6/c1-4-7-10-13-16-19-22-25-28-31-34-35-38-41-44-47-50-53-56-59-62-65-71(74)77-68(66-75-69(72)63-60-57-54-51-48-45-42-39-36-32-29-26-23-20-17-14-11-8-5-2)67-76-70(73)64-61-58-55-52-49-46-43-40-37-33-30-27-24-21-18-15-12-9-6-3/h17,20,26,29,36,39,45,48,54,57,68H,4-16,18-19,21-25,27-28,30-35,37-38,40-44,46-47,49-53,55-56,58-67H2,1-3H3/b20-17-,29-26-,39-36-,48-45-,57-54-/t68-/m1/s1. The normalized spacial score (nSPS) is 12.4. The SMILES string of the molecule is CCCCC/C=C\C/C=C\C/C=C\C/C=C\C/C=C\CCC(=O)OC[C@H](COC(=O)CCCCCCCCCCCCCCCCCCCCC)OC(=O)CCCCCCCCCCCCCCCCCCCCCCC. The molecule has 0 saturated carbocycles. The number of carbonyl (C=O) groups is 3. The van der Waals surface area contributed by atoms with Gasteiger partial charge in [0.1, 0.15) is 13.2 Å². The lowest BCUT2D eigenvalue weighted by molar-refractivity contribution is -0.166. The number of esters is 3. The van der Waals surface area contributed by atoms with E-state index in [1.54, 1.807) is 0 Å². The van der Waals surface area contributed by atoms with Crippen LogP contribution in [0.5, 0.6) is 0 Å². The summed E-state index contributed by atoms with van der Waals surface area (Å²) in [5.74, 6) is -0.954. The van der Waals surface area contributed by atoms with Gasteiger partial charge in [-0.05, 0) is 57.8 Å². The third kappa shape index (κ3) is 63.8. The quantitative estimate of drug-likeness (QED) is 0.0261. The second kappa shape index (κ2) is 65.6. The summed E-state index contributed by atoms with van der Waals surface area (Å²) in [6, 6.07) is 0. The molecule has 0 heterocycles. The molecule has 1 atom stereocenters. The fourth-order valence-electron chi connectivity index (χ4n) is 9.96. The van der Waals surface area contributed by atoms with Crippen LogP contribution < -0.4 is 0 Å². The Morgan fingerprint density at radius 1 is 0.260 bits per heavy atom. The Kier molecular flexibility index (Phi) is 63.2.